The van der Waals surface area contributed by atoms with E-state index in [0.717, 1.165) is 30.8 Å². The summed E-state index contributed by atoms with van der Waals surface area (Å²) in [5, 5.41) is 7.31. The maximum atomic E-state index is 12.8. The molecule has 0 radical (unpaired) electrons. The molecule has 1 amide bonds. The zero-order chi connectivity index (χ0) is 18.4. The normalized spacial score (nSPS) is 11.0. The van der Waals surface area contributed by atoms with E-state index in [0.29, 0.717) is 6.54 Å². The van der Waals surface area contributed by atoms with Crippen molar-refractivity contribution in [2.24, 2.45) is 0 Å². The molecule has 3 rings (SSSR count). The SMILES string of the molecule is CCc1cccc(C)c1NC(=O)CN(Cc1cccs1)Cc1cccs1. The molecule has 0 spiro atoms. The predicted octanol–water partition coefficient (Wildman–Crippen LogP) is 5.32. The summed E-state index contributed by atoms with van der Waals surface area (Å²) in [6.07, 6.45) is 0.908. The summed E-state index contributed by atoms with van der Waals surface area (Å²) in [4.78, 5) is 17.5. The van der Waals surface area contributed by atoms with Gasteiger partial charge in [0.25, 0.3) is 0 Å². The van der Waals surface area contributed by atoms with Gasteiger partial charge in [0.15, 0.2) is 0 Å². The molecule has 0 fully saturated rings. The number of amides is 1. The number of rotatable bonds is 8. The lowest BCUT2D eigenvalue weighted by molar-refractivity contribution is -0.117. The van der Waals surface area contributed by atoms with Crippen LogP contribution in [0.25, 0.3) is 0 Å². The zero-order valence-electron chi connectivity index (χ0n) is 15.2. The minimum atomic E-state index is 0.0436. The first kappa shape index (κ1) is 18.8. The first-order chi connectivity index (χ1) is 12.7. The number of nitrogens with one attached hydrogen (secondary N) is 1. The van der Waals surface area contributed by atoms with Crippen molar-refractivity contribution in [2.75, 3.05) is 11.9 Å². The van der Waals surface area contributed by atoms with E-state index in [1.54, 1.807) is 22.7 Å². The number of benzene rings is 1. The fourth-order valence-electron chi connectivity index (χ4n) is 3.00. The summed E-state index contributed by atoms with van der Waals surface area (Å²) in [6, 6.07) is 14.5. The fraction of sp³-hybridized carbons (Fsp3) is 0.286. The van der Waals surface area contributed by atoms with Gasteiger partial charge < -0.3 is 5.32 Å². The number of hydrogen-bond acceptors (Lipinski definition) is 4. The van der Waals surface area contributed by atoms with E-state index in [9.17, 15) is 4.79 Å². The monoisotopic (exact) mass is 384 g/mol. The van der Waals surface area contributed by atoms with Crippen LogP contribution in [0.4, 0.5) is 5.69 Å². The Morgan fingerprint density at radius 2 is 1.65 bits per heavy atom. The first-order valence-electron chi connectivity index (χ1n) is 8.81. The number of nitrogens with zero attached hydrogens (tertiary/aromatic N) is 1. The van der Waals surface area contributed by atoms with E-state index < -0.39 is 0 Å². The van der Waals surface area contributed by atoms with Crippen molar-refractivity contribution in [1.29, 1.82) is 0 Å². The van der Waals surface area contributed by atoms with Crippen LogP contribution in [-0.2, 0) is 24.3 Å². The Kier molecular flexibility index (Phi) is 6.61. The van der Waals surface area contributed by atoms with Crippen LogP contribution in [0.15, 0.2) is 53.2 Å². The molecule has 0 saturated heterocycles. The highest BCUT2D eigenvalue weighted by Crippen LogP contribution is 2.22. The molecule has 2 aromatic heterocycles. The van der Waals surface area contributed by atoms with Crippen LogP contribution in [0, 0.1) is 6.92 Å². The molecule has 3 nitrogen and oxygen atoms in total. The predicted molar refractivity (Wildman–Crippen MR) is 112 cm³/mol. The number of thiophene rings is 2. The third-order valence-corrected chi connectivity index (χ3v) is 6.01. The second-order valence-corrected chi connectivity index (χ2v) is 8.38. The summed E-state index contributed by atoms with van der Waals surface area (Å²) >= 11 is 3.47. The molecule has 0 unspecified atom stereocenters. The van der Waals surface area contributed by atoms with Crippen molar-refractivity contribution in [3.8, 4) is 0 Å². The van der Waals surface area contributed by atoms with Crippen molar-refractivity contribution in [3.63, 3.8) is 0 Å². The lowest BCUT2D eigenvalue weighted by Gasteiger charge is -2.21. The summed E-state index contributed by atoms with van der Waals surface area (Å²) in [5.41, 5.74) is 3.26. The number of anilines is 1. The molecular weight excluding hydrogens is 360 g/mol. The van der Waals surface area contributed by atoms with Crippen LogP contribution in [0.1, 0.15) is 27.8 Å². The molecule has 0 atom stereocenters. The van der Waals surface area contributed by atoms with Gasteiger partial charge in [0.1, 0.15) is 0 Å². The van der Waals surface area contributed by atoms with Gasteiger partial charge in [-0.05, 0) is 47.4 Å². The lowest BCUT2D eigenvalue weighted by atomic mass is 10.1. The zero-order valence-corrected chi connectivity index (χ0v) is 16.8. The molecule has 0 saturated carbocycles. The number of carbonyl (C=O) groups excluding carboxylic acids is 1. The van der Waals surface area contributed by atoms with E-state index >= 15 is 0 Å². The average molecular weight is 385 g/mol. The van der Waals surface area contributed by atoms with Gasteiger partial charge in [-0.2, -0.15) is 0 Å². The second-order valence-electron chi connectivity index (χ2n) is 6.31. The molecule has 0 aliphatic heterocycles. The quantitative estimate of drug-likeness (QED) is 0.570. The van der Waals surface area contributed by atoms with Crippen LogP contribution in [0.3, 0.4) is 0 Å². The highest BCUT2D eigenvalue weighted by atomic mass is 32.1. The van der Waals surface area contributed by atoms with E-state index in [2.05, 4.69) is 58.2 Å². The Balaban J connectivity index is 1.70. The summed E-state index contributed by atoms with van der Waals surface area (Å²) in [6.45, 7) is 6.12. The first-order valence-corrected chi connectivity index (χ1v) is 10.6. The summed E-state index contributed by atoms with van der Waals surface area (Å²) < 4.78 is 0. The summed E-state index contributed by atoms with van der Waals surface area (Å²) in [5.74, 6) is 0.0436. The minimum Gasteiger partial charge on any atom is -0.324 e. The second kappa shape index (κ2) is 9.12. The van der Waals surface area contributed by atoms with Gasteiger partial charge in [-0.1, -0.05) is 37.3 Å². The lowest BCUT2D eigenvalue weighted by Crippen LogP contribution is -2.32. The van der Waals surface area contributed by atoms with Gasteiger partial charge in [-0.25, -0.2) is 0 Å². The van der Waals surface area contributed by atoms with Gasteiger partial charge >= 0.3 is 0 Å². The Labute approximate surface area is 163 Å². The van der Waals surface area contributed by atoms with Crippen molar-refractivity contribution in [3.05, 3.63) is 74.1 Å². The number of aryl methyl sites for hydroxylation is 2. The van der Waals surface area contributed by atoms with Crippen LogP contribution >= 0.6 is 22.7 Å². The Morgan fingerprint density at radius 3 is 2.19 bits per heavy atom. The summed E-state index contributed by atoms with van der Waals surface area (Å²) in [7, 11) is 0. The van der Waals surface area contributed by atoms with Crippen molar-refractivity contribution in [2.45, 2.75) is 33.4 Å². The maximum Gasteiger partial charge on any atom is 0.238 e. The third-order valence-electron chi connectivity index (χ3n) is 4.29. The minimum absolute atomic E-state index is 0.0436. The van der Waals surface area contributed by atoms with Gasteiger partial charge in [0.2, 0.25) is 5.91 Å². The third kappa shape index (κ3) is 5.04. The van der Waals surface area contributed by atoms with Crippen molar-refractivity contribution < 1.29 is 4.79 Å². The molecule has 0 bridgehead atoms. The van der Waals surface area contributed by atoms with Crippen LogP contribution in [-0.4, -0.2) is 17.4 Å². The molecular formula is C21H24N2OS2. The molecule has 0 aliphatic carbocycles. The largest absolute Gasteiger partial charge is 0.324 e. The van der Waals surface area contributed by atoms with Crippen LogP contribution in [0.2, 0.25) is 0 Å². The Hall–Kier alpha value is -1.95. The van der Waals surface area contributed by atoms with Gasteiger partial charge in [-0.3, -0.25) is 9.69 Å². The highest BCUT2D eigenvalue weighted by Gasteiger charge is 2.15. The van der Waals surface area contributed by atoms with E-state index in [1.165, 1.54) is 15.3 Å². The number of hydrogen-bond donors (Lipinski definition) is 1. The molecule has 136 valence electrons. The van der Waals surface area contributed by atoms with Gasteiger partial charge in [-0.15, -0.1) is 22.7 Å². The van der Waals surface area contributed by atoms with Gasteiger partial charge in [0, 0.05) is 28.5 Å². The molecule has 0 aliphatic rings. The fourth-order valence-corrected chi connectivity index (χ4v) is 4.49. The average Bonchev–Trinajstić information content (AvgIpc) is 3.30. The molecule has 26 heavy (non-hydrogen) atoms. The van der Waals surface area contributed by atoms with Gasteiger partial charge in [0.05, 0.1) is 6.54 Å². The van der Waals surface area contributed by atoms with Crippen LogP contribution in [0.5, 0.6) is 0 Å². The van der Waals surface area contributed by atoms with E-state index in [1.807, 2.05) is 19.1 Å². The molecule has 3 aromatic rings. The maximum absolute atomic E-state index is 12.8. The molecule has 5 heteroatoms. The van der Waals surface area contributed by atoms with Crippen molar-refractivity contribution in [1.82, 2.24) is 4.90 Å². The van der Waals surface area contributed by atoms with Crippen molar-refractivity contribution >= 4 is 34.3 Å². The van der Waals surface area contributed by atoms with E-state index in [4.69, 9.17) is 0 Å². The highest BCUT2D eigenvalue weighted by molar-refractivity contribution is 7.10. The molecule has 1 N–H and O–H groups in total. The Bertz CT molecular complexity index is 790. The van der Waals surface area contributed by atoms with Crippen LogP contribution < -0.4 is 5.32 Å². The van der Waals surface area contributed by atoms with E-state index in [-0.39, 0.29) is 5.91 Å². The standard InChI is InChI=1S/C21H24N2OS2/c1-3-17-8-4-7-16(2)21(17)22-20(24)15-23(13-18-9-5-11-25-18)14-19-10-6-12-26-19/h4-12H,3,13-15H2,1-2H3,(H,22,24). The topological polar surface area (TPSA) is 32.3 Å². The number of carbonyl (C=O) groups is 1. The number of para-hydroxylation sites is 1. The molecule has 2 heterocycles. The molecule has 1 aromatic carbocycles. The Morgan fingerprint density at radius 1 is 1.00 bits per heavy atom. The smallest absolute Gasteiger partial charge is 0.238 e.